The summed E-state index contributed by atoms with van der Waals surface area (Å²) in [6, 6.07) is 18.7. The number of nitrogens with one attached hydrogen (secondary N) is 2. The van der Waals surface area contributed by atoms with Gasteiger partial charge in [-0.25, -0.2) is 14.6 Å². The van der Waals surface area contributed by atoms with E-state index in [4.69, 9.17) is 4.98 Å². The van der Waals surface area contributed by atoms with Gasteiger partial charge in [-0.3, -0.25) is 15.0 Å². The molecule has 1 aliphatic heterocycles. The highest BCUT2D eigenvalue weighted by atomic mass is 16.4. The smallest absolute Gasteiger partial charge is 0.337 e. The number of H-pyrrole nitrogens is 1. The summed E-state index contributed by atoms with van der Waals surface area (Å²) in [6.07, 6.45) is 3.68. The van der Waals surface area contributed by atoms with Gasteiger partial charge in [-0.15, -0.1) is 0 Å². The average Bonchev–Trinajstić information content (AvgIpc) is 3.49. The van der Waals surface area contributed by atoms with Gasteiger partial charge in [0.05, 0.1) is 22.3 Å². The zero-order chi connectivity index (χ0) is 26.8. The third-order valence-electron chi connectivity index (χ3n) is 7.11. The molecule has 194 valence electrons. The Morgan fingerprint density at radius 3 is 2.58 bits per heavy atom. The SMILES string of the molecule is CCCCc1cc(C(CC)c2nc3cccc(C(=O)O)c3[nH]2)ccc1-c1ccccc1N1CC(=O)NC1=O. The van der Waals surface area contributed by atoms with Crippen molar-refractivity contribution >= 4 is 34.6 Å². The molecule has 0 spiro atoms. The third-order valence-corrected chi connectivity index (χ3v) is 7.11. The van der Waals surface area contributed by atoms with Crippen LogP contribution in [0.5, 0.6) is 0 Å². The summed E-state index contributed by atoms with van der Waals surface area (Å²) in [7, 11) is 0. The Hall–Kier alpha value is -4.46. The van der Waals surface area contributed by atoms with E-state index in [-0.39, 0.29) is 23.9 Å². The van der Waals surface area contributed by atoms with Crippen LogP contribution >= 0.6 is 0 Å². The second-order valence-corrected chi connectivity index (χ2v) is 9.56. The third kappa shape index (κ3) is 4.65. The maximum absolute atomic E-state index is 12.5. The quantitative estimate of drug-likeness (QED) is 0.244. The number of imidazole rings is 1. The van der Waals surface area contributed by atoms with Gasteiger partial charge in [-0.1, -0.05) is 62.7 Å². The lowest BCUT2D eigenvalue weighted by Gasteiger charge is -2.21. The van der Waals surface area contributed by atoms with Gasteiger partial charge >= 0.3 is 12.0 Å². The Morgan fingerprint density at radius 2 is 1.87 bits per heavy atom. The van der Waals surface area contributed by atoms with Crippen molar-refractivity contribution in [1.29, 1.82) is 0 Å². The molecular weight excluding hydrogens is 480 g/mol. The number of amides is 3. The number of benzene rings is 3. The number of carboxylic acid groups (broad SMARTS) is 1. The summed E-state index contributed by atoms with van der Waals surface area (Å²) in [5.41, 5.74) is 6.24. The van der Waals surface area contributed by atoms with Crippen molar-refractivity contribution in [3.8, 4) is 11.1 Å². The molecule has 2 heterocycles. The Morgan fingerprint density at radius 1 is 1.05 bits per heavy atom. The number of aromatic amines is 1. The summed E-state index contributed by atoms with van der Waals surface area (Å²) in [5.74, 6) is -0.611. The van der Waals surface area contributed by atoms with Crippen LogP contribution in [0.3, 0.4) is 0 Å². The van der Waals surface area contributed by atoms with Crippen LogP contribution in [-0.2, 0) is 11.2 Å². The van der Waals surface area contributed by atoms with E-state index in [0.29, 0.717) is 16.7 Å². The zero-order valence-corrected chi connectivity index (χ0v) is 21.5. The minimum absolute atomic E-state index is 0.000512. The molecule has 0 bridgehead atoms. The molecular formula is C30H30N4O4. The summed E-state index contributed by atoms with van der Waals surface area (Å²) in [5, 5.41) is 12.0. The van der Waals surface area contributed by atoms with Crippen molar-refractivity contribution in [2.24, 2.45) is 0 Å². The molecule has 38 heavy (non-hydrogen) atoms. The van der Waals surface area contributed by atoms with E-state index in [1.165, 1.54) is 4.90 Å². The first kappa shape index (κ1) is 25.2. The lowest BCUT2D eigenvalue weighted by Crippen LogP contribution is -2.28. The fourth-order valence-corrected chi connectivity index (χ4v) is 5.22. The second-order valence-electron chi connectivity index (χ2n) is 9.56. The lowest BCUT2D eigenvalue weighted by atomic mass is 9.88. The first-order valence-corrected chi connectivity index (χ1v) is 13.0. The van der Waals surface area contributed by atoms with Crippen molar-refractivity contribution in [2.45, 2.75) is 45.4 Å². The Balaban J connectivity index is 1.58. The monoisotopic (exact) mass is 510 g/mol. The highest BCUT2D eigenvalue weighted by Crippen LogP contribution is 2.37. The Labute approximate surface area is 220 Å². The predicted molar refractivity (Wildman–Crippen MR) is 147 cm³/mol. The number of imide groups is 1. The number of aryl methyl sites for hydroxylation is 1. The second kappa shape index (κ2) is 10.5. The number of aromatic carboxylic acids is 1. The van der Waals surface area contributed by atoms with E-state index in [0.717, 1.165) is 53.8 Å². The largest absolute Gasteiger partial charge is 0.478 e. The number of fused-ring (bicyclic) bond motifs is 1. The molecule has 1 aliphatic rings. The summed E-state index contributed by atoms with van der Waals surface area (Å²) < 4.78 is 0. The van der Waals surface area contributed by atoms with E-state index < -0.39 is 12.0 Å². The minimum atomic E-state index is -0.989. The van der Waals surface area contributed by atoms with Crippen LogP contribution in [0.25, 0.3) is 22.2 Å². The molecule has 1 unspecified atom stereocenters. The number of para-hydroxylation sites is 2. The molecule has 1 fully saturated rings. The number of rotatable bonds is 9. The number of hydrogen-bond donors (Lipinski definition) is 3. The standard InChI is InChI=1S/C30H30N4O4/c1-3-5-9-18-16-19(20(4-2)28-31-24-12-8-11-23(29(36)37)27(24)33-28)14-15-21(18)22-10-6-7-13-25(22)34-17-26(35)32-30(34)38/h6-8,10-16,20H,3-5,9,17H2,1-2H3,(H,31,33)(H,36,37)(H,32,35,38). The first-order chi connectivity index (χ1) is 18.4. The van der Waals surface area contributed by atoms with Crippen LogP contribution in [0.1, 0.15) is 66.3 Å². The van der Waals surface area contributed by atoms with Crippen molar-refractivity contribution in [3.05, 3.63) is 83.2 Å². The van der Waals surface area contributed by atoms with Crippen LogP contribution in [0.4, 0.5) is 10.5 Å². The number of carbonyl (C=O) groups excluding carboxylic acids is 2. The number of unbranched alkanes of at least 4 members (excludes halogenated alkanes) is 1. The van der Waals surface area contributed by atoms with Crippen LogP contribution in [0.2, 0.25) is 0 Å². The number of nitrogens with zero attached hydrogens (tertiary/aromatic N) is 2. The van der Waals surface area contributed by atoms with E-state index in [2.05, 4.69) is 42.3 Å². The molecule has 0 radical (unpaired) electrons. The molecule has 1 saturated heterocycles. The van der Waals surface area contributed by atoms with Crippen molar-refractivity contribution in [2.75, 3.05) is 11.4 Å². The molecule has 1 aromatic heterocycles. The summed E-state index contributed by atoms with van der Waals surface area (Å²) in [4.78, 5) is 45.6. The van der Waals surface area contributed by atoms with Gasteiger partial charge in [0.2, 0.25) is 5.91 Å². The highest BCUT2D eigenvalue weighted by Gasteiger charge is 2.30. The first-order valence-electron chi connectivity index (χ1n) is 13.0. The summed E-state index contributed by atoms with van der Waals surface area (Å²) in [6.45, 7) is 4.25. The Bertz CT molecular complexity index is 1540. The molecule has 0 saturated carbocycles. The van der Waals surface area contributed by atoms with Gasteiger partial charge < -0.3 is 10.1 Å². The normalized spacial score (nSPS) is 14.2. The molecule has 3 amide bonds. The number of hydrogen-bond acceptors (Lipinski definition) is 4. The van der Waals surface area contributed by atoms with Crippen LogP contribution in [0.15, 0.2) is 60.7 Å². The van der Waals surface area contributed by atoms with E-state index in [1.807, 2.05) is 30.3 Å². The van der Waals surface area contributed by atoms with Gasteiger partial charge in [-0.2, -0.15) is 0 Å². The van der Waals surface area contributed by atoms with Gasteiger partial charge in [0.25, 0.3) is 0 Å². The van der Waals surface area contributed by atoms with Crippen LogP contribution < -0.4 is 10.2 Å². The van der Waals surface area contributed by atoms with E-state index in [1.54, 1.807) is 12.1 Å². The van der Waals surface area contributed by atoms with Crippen molar-refractivity contribution in [3.63, 3.8) is 0 Å². The summed E-state index contributed by atoms with van der Waals surface area (Å²) >= 11 is 0. The molecule has 0 aliphatic carbocycles. The molecule has 5 rings (SSSR count). The Kier molecular flexibility index (Phi) is 6.96. The molecule has 4 aromatic rings. The molecule has 8 heteroatoms. The highest BCUT2D eigenvalue weighted by molar-refractivity contribution is 6.13. The maximum atomic E-state index is 12.5. The fourth-order valence-electron chi connectivity index (χ4n) is 5.22. The average molecular weight is 511 g/mol. The number of urea groups is 1. The number of carboxylic acids is 1. The van der Waals surface area contributed by atoms with E-state index >= 15 is 0 Å². The van der Waals surface area contributed by atoms with Crippen molar-refractivity contribution < 1.29 is 19.5 Å². The fraction of sp³-hybridized carbons (Fsp3) is 0.267. The number of anilines is 1. The molecule has 3 aromatic carbocycles. The number of aromatic nitrogens is 2. The van der Waals surface area contributed by atoms with Gasteiger partial charge in [-0.05, 0) is 54.2 Å². The molecule has 1 atom stereocenters. The van der Waals surface area contributed by atoms with E-state index in [9.17, 15) is 19.5 Å². The zero-order valence-electron chi connectivity index (χ0n) is 21.5. The van der Waals surface area contributed by atoms with Crippen LogP contribution in [0, 0.1) is 0 Å². The molecule has 3 N–H and O–H groups in total. The predicted octanol–water partition coefficient (Wildman–Crippen LogP) is 5.87. The van der Waals surface area contributed by atoms with Crippen molar-refractivity contribution in [1.82, 2.24) is 15.3 Å². The molecule has 8 nitrogen and oxygen atoms in total. The maximum Gasteiger partial charge on any atom is 0.337 e. The minimum Gasteiger partial charge on any atom is -0.478 e. The number of carbonyl (C=O) groups is 3. The lowest BCUT2D eigenvalue weighted by molar-refractivity contribution is -0.117. The van der Waals surface area contributed by atoms with Gasteiger partial charge in [0, 0.05) is 11.5 Å². The van der Waals surface area contributed by atoms with Gasteiger partial charge in [0.15, 0.2) is 0 Å². The topological polar surface area (TPSA) is 115 Å². The van der Waals surface area contributed by atoms with Gasteiger partial charge in [0.1, 0.15) is 12.4 Å². The van der Waals surface area contributed by atoms with Crippen LogP contribution in [-0.4, -0.2) is 39.5 Å².